The summed E-state index contributed by atoms with van der Waals surface area (Å²) in [6, 6.07) is 28.9. The molecule has 0 aliphatic rings. The molecule has 0 spiro atoms. The fourth-order valence-electron chi connectivity index (χ4n) is 6.34. The highest BCUT2D eigenvalue weighted by Crippen LogP contribution is 2.34. The second-order valence-corrected chi connectivity index (χ2v) is 14.2. The molecular weight excluding hydrogens is 824 g/mol. The van der Waals surface area contributed by atoms with Gasteiger partial charge in [0.25, 0.3) is 0 Å². The number of benzene rings is 4. The van der Waals surface area contributed by atoms with Crippen LogP contribution in [0.3, 0.4) is 0 Å². The number of carbonyl (C=O) groups is 2. The van der Waals surface area contributed by atoms with E-state index >= 15 is 4.39 Å². The van der Waals surface area contributed by atoms with Crippen LogP contribution in [0.5, 0.6) is 0 Å². The molecule has 4 aromatic carbocycles. The molecule has 0 unspecified atom stereocenters. The monoisotopic (exact) mass is 862 g/mol. The average molecular weight is 863 g/mol. The number of carbonyl (C=O) groups excluding carboxylic acids is 2. The van der Waals surface area contributed by atoms with Crippen molar-refractivity contribution in [1.82, 2.24) is 39.5 Å². The molecule has 8 rings (SSSR count). The van der Waals surface area contributed by atoms with Crippen molar-refractivity contribution in [2.45, 2.75) is 6.54 Å². The van der Waals surface area contributed by atoms with Gasteiger partial charge in [-0.3, -0.25) is 19.0 Å². The van der Waals surface area contributed by atoms with Crippen LogP contribution in [0.25, 0.3) is 11.1 Å². The van der Waals surface area contributed by atoms with Crippen LogP contribution in [0, 0.1) is 17.7 Å². The summed E-state index contributed by atoms with van der Waals surface area (Å²) in [5.41, 5.74) is 6.98. The second kappa shape index (κ2) is 19.5. The first-order valence-electron chi connectivity index (χ1n) is 19.9. The number of rotatable bonds is 15. The summed E-state index contributed by atoms with van der Waals surface area (Å²) in [5, 5.41) is 26.9. The van der Waals surface area contributed by atoms with Crippen molar-refractivity contribution in [3.63, 3.8) is 0 Å². The van der Waals surface area contributed by atoms with Crippen LogP contribution in [0.1, 0.15) is 16.7 Å². The first-order chi connectivity index (χ1) is 31.7. The van der Waals surface area contributed by atoms with Crippen LogP contribution in [-0.2, 0) is 23.2 Å². The van der Waals surface area contributed by atoms with Crippen molar-refractivity contribution < 1.29 is 14.0 Å². The van der Waals surface area contributed by atoms with E-state index in [0.717, 1.165) is 34.0 Å². The van der Waals surface area contributed by atoms with Gasteiger partial charge in [0, 0.05) is 53.8 Å². The number of amides is 2. The molecule has 17 heteroatoms. The third-order valence-electron chi connectivity index (χ3n) is 9.43. The smallest absolute Gasteiger partial charge is 0.247 e. The standard InChI is InChI=1S/C48H39FN14O2/c1-4-44(64)54-35-17-19-39(41(23-35)58-43-21-22-50-47(60-43)56-37-26-52-62(3)29-37)33-14-12-32(13-15-33)28-63-30-38(27-53-63)57-48-51-25-34(16-11-31-9-7-6-8-10-31)46(61-48)59-42-24-36(18-20-40(42)49)55-45(65)5-2/h4-10,12-15,17-27,29-30H,1-2,28H2,3H3,(H,54,64)(H,55,65)(H2,50,56,58,60)(H2,51,57,59,61). The Morgan fingerprint density at radius 2 is 1.38 bits per heavy atom. The minimum atomic E-state index is -0.568. The molecule has 2 amide bonds. The first kappa shape index (κ1) is 42.3. The fraction of sp³-hybridized carbons (Fsp3) is 0.0417. The normalized spacial score (nSPS) is 10.5. The van der Waals surface area contributed by atoms with Crippen molar-refractivity contribution in [3.8, 4) is 23.0 Å². The minimum Gasteiger partial charge on any atom is -0.340 e. The van der Waals surface area contributed by atoms with E-state index in [2.05, 4.69) is 87.0 Å². The van der Waals surface area contributed by atoms with Crippen LogP contribution >= 0.6 is 0 Å². The van der Waals surface area contributed by atoms with Gasteiger partial charge in [0.05, 0.1) is 47.8 Å². The zero-order valence-corrected chi connectivity index (χ0v) is 34.7. The van der Waals surface area contributed by atoms with Crippen molar-refractivity contribution in [2.24, 2.45) is 7.05 Å². The molecule has 8 aromatic rings. The van der Waals surface area contributed by atoms with Crippen LogP contribution in [0.15, 0.2) is 160 Å². The minimum absolute atomic E-state index is 0.0641. The predicted molar refractivity (Wildman–Crippen MR) is 250 cm³/mol. The number of nitrogens with zero attached hydrogens (tertiary/aromatic N) is 8. The quantitative estimate of drug-likeness (QED) is 0.0425. The summed E-state index contributed by atoms with van der Waals surface area (Å²) in [6.07, 6.45) is 12.5. The van der Waals surface area contributed by atoms with E-state index in [1.54, 1.807) is 40.2 Å². The zero-order chi connectivity index (χ0) is 45.1. The molecule has 0 bridgehead atoms. The fourth-order valence-corrected chi connectivity index (χ4v) is 6.34. The summed E-state index contributed by atoms with van der Waals surface area (Å²) < 4.78 is 18.5. The summed E-state index contributed by atoms with van der Waals surface area (Å²) in [7, 11) is 1.82. The Labute approximate surface area is 372 Å². The molecule has 320 valence electrons. The van der Waals surface area contributed by atoms with Crippen molar-refractivity contribution >= 4 is 69.5 Å². The van der Waals surface area contributed by atoms with Gasteiger partial charge in [-0.25, -0.2) is 14.4 Å². The summed E-state index contributed by atoms with van der Waals surface area (Å²) in [4.78, 5) is 42.2. The second-order valence-electron chi connectivity index (χ2n) is 14.2. The van der Waals surface area contributed by atoms with Crippen LogP contribution < -0.4 is 31.9 Å². The van der Waals surface area contributed by atoms with Crippen LogP contribution in [0.4, 0.5) is 62.0 Å². The third-order valence-corrected chi connectivity index (χ3v) is 9.43. The molecule has 0 radical (unpaired) electrons. The van der Waals surface area contributed by atoms with E-state index in [0.29, 0.717) is 46.6 Å². The van der Waals surface area contributed by atoms with Crippen molar-refractivity contribution in [3.05, 3.63) is 182 Å². The molecule has 0 saturated heterocycles. The highest BCUT2D eigenvalue weighted by Gasteiger charge is 2.14. The van der Waals surface area contributed by atoms with E-state index < -0.39 is 11.7 Å². The SMILES string of the molecule is C=CC(=O)Nc1ccc(F)c(Nc2nc(Nc3cnn(Cc4ccc(-c5ccc(NC(=O)C=C)cc5Nc5ccnc(Nc6cnn(C)c6)n5)cc4)c3)ncc2C#Cc2ccccc2)c1. The Hall–Kier alpha value is -9.43. The summed E-state index contributed by atoms with van der Waals surface area (Å²) >= 11 is 0. The van der Waals surface area contributed by atoms with Gasteiger partial charge < -0.3 is 31.9 Å². The number of halogens is 1. The summed E-state index contributed by atoms with van der Waals surface area (Å²) in [6.45, 7) is 7.48. The molecule has 6 N–H and O–H groups in total. The average Bonchev–Trinajstić information content (AvgIpc) is 3.95. The Kier molecular flexibility index (Phi) is 12.7. The van der Waals surface area contributed by atoms with Gasteiger partial charge in [-0.15, -0.1) is 0 Å². The lowest BCUT2D eigenvalue weighted by Crippen LogP contribution is -2.08. The maximum Gasteiger partial charge on any atom is 0.247 e. The zero-order valence-electron chi connectivity index (χ0n) is 34.7. The van der Waals surface area contributed by atoms with Crippen molar-refractivity contribution in [2.75, 3.05) is 31.9 Å². The van der Waals surface area contributed by atoms with Gasteiger partial charge in [-0.05, 0) is 71.8 Å². The van der Waals surface area contributed by atoms with Gasteiger partial charge >= 0.3 is 0 Å². The molecule has 4 heterocycles. The Balaban J connectivity index is 0.991. The molecule has 0 fully saturated rings. The van der Waals surface area contributed by atoms with Gasteiger partial charge in [-0.1, -0.05) is 73.5 Å². The Morgan fingerprint density at radius 3 is 2.11 bits per heavy atom. The molecule has 4 aromatic heterocycles. The number of hydrogen-bond acceptors (Lipinski definition) is 12. The number of nitrogens with one attached hydrogen (secondary N) is 6. The molecular formula is C48H39FN14O2. The van der Waals surface area contributed by atoms with Crippen molar-refractivity contribution in [1.29, 1.82) is 0 Å². The predicted octanol–water partition coefficient (Wildman–Crippen LogP) is 8.67. The third kappa shape index (κ3) is 11.1. The lowest BCUT2D eigenvalue weighted by Gasteiger charge is -2.15. The van der Waals surface area contributed by atoms with E-state index in [4.69, 9.17) is 0 Å². The lowest BCUT2D eigenvalue weighted by atomic mass is 10.0. The number of anilines is 10. The van der Waals surface area contributed by atoms with Gasteiger partial charge in [0.15, 0.2) is 5.82 Å². The number of hydrogen-bond donors (Lipinski definition) is 6. The number of aromatic nitrogens is 8. The Bertz CT molecular complexity index is 3100. The van der Waals surface area contributed by atoms with E-state index in [9.17, 15) is 9.59 Å². The number of aryl methyl sites for hydroxylation is 1. The van der Waals surface area contributed by atoms with Gasteiger partial charge in [0.1, 0.15) is 11.6 Å². The maximum atomic E-state index is 15.1. The lowest BCUT2D eigenvalue weighted by molar-refractivity contribution is -0.112. The molecule has 65 heavy (non-hydrogen) atoms. The first-order valence-corrected chi connectivity index (χ1v) is 19.9. The molecule has 0 aliphatic heterocycles. The molecule has 0 atom stereocenters. The maximum absolute atomic E-state index is 15.1. The largest absolute Gasteiger partial charge is 0.340 e. The van der Waals surface area contributed by atoms with E-state index in [1.165, 1.54) is 24.3 Å². The van der Waals surface area contributed by atoms with Gasteiger partial charge in [-0.2, -0.15) is 20.2 Å². The van der Waals surface area contributed by atoms with Crippen LogP contribution in [-0.4, -0.2) is 51.3 Å². The highest BCUT2D eigenvalue weighted by atomic mass is 19.1. The molecule has 0 saturated carbocycles. The Morgan fingerprint density at radius 1 is 0.692 bits per heavy atom. The van der Waals surface area contributed by atoms with Crippen LogP contribution in [0.2, 0.25) is 0 Å². The highest BCUT2D eigenvalue weighted by molar-refractivity contribution is 6.00. The van der Waals surface area contributed by atoms with E-state index in [1.807, 2.05) is 92.2 Å². The molecule has 16 nitrogen and oxygen atoms in total. The summed E-state index contributed by atoms with van der Waals surface area (Å²) in [5.74, 6) is 6.18. The topological polar surface area (TPSA) is 194 Å². The molecule has 0 aliphatic carbocycles. The van der Waals surface area contributed by atoms with E-state index in [-0.39, 0.29) is 23.4 Å². The van der Waals surface area contributed by atoms with Gasteiger partial charge in [0.2, 0.25) is 23.7 Å².